The maximum absolute atomic E-state index is 13.4. The fraction of sp³-hybridized carbons (Fsp3) is 0.476. The number of nitrogens with zero attached hydrogens (tertiary/aromatic N) is 3. The van der Waals surface area contributed by atoms with E-state index in [-0.39, 0.29) is 24.5 Å². The van der Waals surface area contributed by atoms with Gasteiger partial charge >= 0.3 is 6.09 Å². The third-order valence-corrected chi connectivity index (χ3v) is 5.87. The van der Waals surface area contributed by atoms with Crippen molar-refractivity contribution in [3.8, 4) is 0 Å². The first-order valence-electron chi connectivity index (χ1n) is 10.5. The monoisotopic (exact) mass is 446 g/mol. The molecule has 9 nitrogen and oxygen atoms in total. The van der Waals surface area contributed by atoms with Crippen molar-refractivity contribution < 1.29 is 14.3 Å². The average Bonchev–Trinajstić information content (AvgIpc) is 3.18. The number of fused-ring (bicyclic) bond motifs is 1. The van der Waals surface area contributed by atoms with Crippen molar-refractivity contribution >= 4 is 35.2 Å². The molecule has 0 bridgehead atoms. The number of hydrogen-bond acceptors (Lipinski definition) is 6. The number of cyclic esters (lactones) is 1. The van der Waals surface area contributed by atoms with E-state index >= 15 is 0 Å². The predicted octanol–water partition coefficient (Wildman–Crippen LogP) is 2.56. The van der Waals surface area contributed by atoms with E-state index in [2.05, 4.69) is 39.6 Å². The number of anilines is 2. The van der Waals surface area contributed by atoms with Crippen LogP contribution in [0.5, 0.6) is 0 Å². The first-order chi connectivity index (χ1) is 14.9. The summed E-state index contributed by atoms with van der Waals surface area (Å²) in [4.78, 5) is 28.8. The summed E-state index contributed by atoms with van der Waals surface area (Å²) in [6.45, 7) is 7.43. The third kappa shape index (κ3) is 4.77. The van der Waals surface area contributed by atoms with Crippen molar-refractivity contribution in [1.82, 2.24) is 20.4 Å². The van der Waals surface area contributed by atoms with Crippen LogP contribution in [0.4, 0.5) is 16.4 Å². The van der Waals surface area contributed by atoms with Gasteiger partial charge in [0.1, 0.15) is 12.4 Å². The Morgan fingerprint density at radius 2 is 1.94 bits per heavy atom. The molecule has 2 amide bonds. The summed E-state index contributed by atoms with van der Waals surface area (Å²) in [5.74, 6) is 1.18. The van der Waals surface area contributed by atoms with E-state index in [4.69, 9.17) is 16.3 Å². The van der Waals surface area contributed by atoms with Gasteiger partial charge in [0, 0.05) is 43.8 Å². The van der Waals surface area contributed by atoms with Gasteiger partial charge in [0.15, 0.2) is 5.82 Å². The molecule has 0 saturated carbocycles. The van der Waals surface area contributed by atoms with Gasteiger partial charge in [-0.05, 0) is 17.7 Å². The molecular weight excluding hydrogens is 420 g/mol. The van der Waals surface area contributed by atoms with Crippen LogP contribution < -0.4 is 15.5 Å². The molecule has 0 radical (unpaired) electrons. The number of nitrogens with one attached hydrogen (secondary N) is 3. The highest BCUT2D eigenvalue weighted by molar-refractivity contribution is 6.30. The molecule has 2 aromatic rings. The highest BCUT2D eigenvalue weighted by atomic mass is 35.5. The summed E-state index contributed by atoms with van der Waals surface area (Å²) in [6, 6.07) is 7.79. The zero-order valence-corrected chi connectivity index (χ0v) is 18.4. The van der Waals surface area contributed by atoms with Crippen LogP contribution in [0.15, 0.2) is 24.3 Å². The van der Waals surface area contributed by atoms with Crippen LogP contribution in [0.2, 0.25) is 5.02 Å². The number of carbonyl (C=O) groups is 2. The largest absolute Gasteiger partial charge is 0.444 e. The molecule has 1 fully saturated rings. The van der Waals surface area contributed by atoms with Gasteiger partial charge in [0.25, 0.3) is 0 Å². The van der Waals surface area contributed by atoms with E-state index in [0.29, 0.717) is 43.6 Å². The second-order valence-electron chi connectivity index (χ2n) is 8.08. The molecular formula is C21H27ClN6O3. The molecule has 1 aromatic carbocycles. The van der Waals surface area contributed by atoms with E-state index in [1.165, 1.54) is 0 Å². The lowest BCUT2D eigenvalue weighted by Crippen LogP contribution is -2.51. The van der Waals surface area contributed by atoms with Gasteiger partial charge in [0.05, 0.1) is 11.5 Å². The molecule has 3 heterocycles. The normalized spacial score (nSPS) is 17.2. The smallest absolute Gasteiger partial charge is 0.413 e. The van der Waals surface area contributed by atoms with Crippen LogP contribution >= 0.6 is 11.6 Å². The second-order valence-corrected chi connectivity index (χ2v) is 8.52. The number of rotatable bonds is 6. The SMILES string of the molecule is CC(C)NCC(C(=O)N1CCN(c2[nH]nc3c2COC(=O)N3)CC1)c1ccc(Cl)cc1. The molecule has 4 rings (SSSR count). The van der Waals surface area contributed by atoms with Gasteiger partial charge in [-0.3, -0.25) is 15.2 Å². The third-order valence-electron chi connectivity index (χ3n) is 5.62. The van der Waals surface area contributed by atoms with Crippen molar-refractivity contribution in [3.63, 3.8) is 0 Å². The topological polar surface area (TPSA) is 103 Å². The van der Waals surface area contributed by atoms with Crippen LogP contribution in [0.1, 0.15) is 30.9 Å². The number of ether oxygens (including phenoxy) is 1. The van der Waals surface area contributed by atoms with Crippen LogP contribution in [0.3, 0.4) is 0 Å². The average molecular weight is 447 g/mol. The van der Waals surface area contributed by atoms with Crippen LogP contribution in [0.25, 0.3) is 0 Å². The molecule has 2 aliphatic heterocycles. The lowest BCUT2D eigenvalue weighted by Gasteiger charge is -2.37. The summed E-state index contributed by atoms with van der Waals surface area (Å²) < 4.78 is 5.07. The van der Waals surface area contributed by atoms with E-state index < -0.39 is 6.09 Å². The minimum atomic E-state index is -0.496. The van der Waals surface area contributed by atoms with Crippen molar-refractivity contribution in [3.05, 3.63) is 40.4 Å². The fourth-order valence-corrected chi connectivity index (χ4v) is 4.02. The quantitative estimate of drug-likeness (QED) is 0.630. The standard InChI is InChI=1S/C21H27ClN6O3/c1-13(2)23-11-16(14-3-5-15(22)6-4-14)20(29)28-9-7-27(8-10-28)19-17-12-31-21(30)24-18(17)25-26-19/h3-6,13,16,23H,7-12H2,1-2H3,(H2,24,25,26,30). The predicted molar refractivity (Wildman–Crippen MR) is 119 cm³/mol. The molecule has 0 spiro atoms. The number of H-pyrrole nitrogens is 1. The van der Waals surface area contributed by atoms with Crippen molar-refractivity contribution in [2.24, 2.45) is 0 Å². The summed E-state index contributed by atoms with van der Waals surface area (Å²) >= 11 is 6.04. The molecule has 2 aliphatic rings. The maximum Gasteiger partial charge on any atom is 0.413 e. The van der Waals surface area contributed by atoms with Gasteiger partial charge in [-0.25, -0.2) is 4.79 Å². The Balaban J connectivity index is 1.43. The number of benzene rings is 1. The van der Waals surface area contributed by atoms with Gasteiger partial charge in [0.2, 0.25) is 5.91 Å². The zero-order chi connectivity index (χ0) is 22.0. The molecule has 1 aromatic heterocycles. The molecule has 1 saturated heterocycles. The molecule has 1 atom stereocenters. The first kappa shape index (κ1) is 21.5. The number of hydrogen-bond donors (Lipinski definition) is 3. The van der Waals surface area contributed by atoms with Crippen LogP contribution in [-0.4, -0.2) is 65.9 Å². The Bertz CT molecular complexity index is 937. The summed E-state index contributed by atoms with van der Waals surface area (Å²) in [6.07, 6.45) is -0.496. The minimum absolute atomic E-state index is 0.109. The Morgan fingerprint density at radius 1 is 1.23 bits per heavy atom. The lowest BCUT2D eigenvalue weighted by molar-refractivity contribution is -0.133. The Morgan fingerprint density at radius 3 is 2.61 bits per heavy atom. The van der Waals surface area contributed by atoms with Crippen molar-refractivity contribution in [2.75, 3.05) is 42.9 Å². The molecule has 0 aliphatic carbocycles. The molecule has 10 heteroatoms. The Labute approximate surface area is 186 Å². The van der Waals surface area contributed by atoms with E-state index in [1.807, 2.05) is 29.2 Å². The number of halogens is 1. The number of amides is 2. The molecule has 31 heavy (non-hydrogen) atoms. The first-order valence-corrected chi connectivity index (χ1v) is 10.8. The number of aromatic amines is 1. The van der Waals surface area contributed by atoms with Gasteiger partial charge in [-0.2, -0.15) is 5.10 Å². The van der Waals surface area contributed by atoms with Crippen LogP contribution in [-0.2, 0) is 16.1 Å². The van der Waals surface area contributed by atoms with Gasteiger partial charge in [-0.15, -0.1) is 0 Å². The number of aromatic nitrogens is 2. The summed E-state index contributed by atoms with van der Waals surface area (Å²) in [7, 11) is 0. The highest BCUT2D eigenvalue weighted by Gasteiger charge is 2.31. The molecule has 3 N–H and O–H groups in total. The Kier molecular flexibility index (Phi) is 6.33. The zero-order valence-electron chi connectivity index (χ0n) is 17.7. The highest BCUT2D eigenvalue weighted by Crippen LogP contribution is 2.30. The Hall–Kier alpha value is -2.78. The van der Waals surface area contributed by atoms with Crippen molar-refractivity contribution in [2.45, 2.75) is 32.4 Å². The van der Waals surface area contributed by atoms with E-state index in [1.54, 1.807) is 0 Å². The number of carbonyl (C=O) groups excluding carboxylic acids is 2. The summed E-state index contributed by atoms with van der Waals surface area (Å²) in [5, 5.41) is 13.8. The molecule has 1 unspecified atom stereocenters. The minimum Gasteiger partial charge on any atom is -0.444 e. The van der Waals surface area contributed by atoms with Gasteiger partial charge < -0.3 is 19.9 Å². The van der Waals surface area contributed by atoms with Crippen molar-refractivity contribution in [1.29, 1.82) is 0 Å². The second kappa shape index (κ2) is 9.15. The van der Waals surface area contributed by atoms with Gasteiger partial charge in [-0.1, -0.05) is 37.6 Å². The number of piperazine rings is 1. The van der Waals surface area contributed by atoms with Crippen LogP contribution in [0, 0.1) is 0 Å². The summed E-state index contributed by atoms with van der Waals surface area (Å²) in [5.41, 5.74) is 1.79. The van der Waals surface area contributed by atoms with E-state index in [0.717, 1.165) is 16.9 Å². The maximum atomic E-state index is 13.4. The van der Waals surface area contributed by atoms with E-state index in [9.17, 15) is 9.59 Å². The lowest BCUT2D eigenvalue weighted by atomic mass is 9.96. The fourth-order valence-electron chi connectivity index (χ4n) is 3.90. The molecule has 166 valence electrons.